The molecule has 1 aliphatic heterocycles. The molecular weight excluding hydrogens is 360 g/mol. The van der Waals surface area contributed by atoms with Gasteiger partial charge in [0.1, 0.15) is 6.54 Å². The second-order valence-corrected chi connectivity index (χ2v) is 7.22. The van der Waals surface area contributed by atoms with E-state index >= 15 is 0 Å². The van der Waals surface area contributed by atoms with Crippen molar-refractivity contribution >= 4 is 45.1 Å². The number of amides is 2. The van der Waals surface area contributed by atoms with Gasteiger partial charge in [-0.15, -0.1) is 0 Å². The van der Waals surface area contributed by atoms with Crippen molar-refractivity contribution < 1.29 is 27.5 Å². The highest BCUT2D eigenvalue weighted by Gasteiger charge is 2.36. The van der Waals surface area contributed by atoms with Gasteiger partial charge in [0, 0.05) is 6.42 Å². The fourth-order valence-corrected chi connectivity index (χ4v) is 3.86. The van der Waals surface area contributed by atoms with Crippen molar-refractivity contribution in [1.29, 1.82) is 0 Å². The number of nitrogens with zero attached hydrogens (tertiary/aromatic N) is 1. The first-order chi connectivity index (χ1) is 11.3. The number of sulfonamides is 1. The average Bonchev–Trinajstić information content (AvgIpc) is 2.78. The largest absolute Gasteiger partial charge is 0.465 e. The van der Waals surface area contributed by atoms with Gasteiger partial charge in [-0.25, -0.2) is 12.7 Å². The molecule has 0 saturated carbocycles. The number of rotatable bonds is 5. The summed E-state index contributed by atoms with van der Waals surface area (Å²) in [7, 11) is -3.70. The van der Waals surface area contributed by atoms with Gasteiger partial charge in [-0.3, -0.25) is 14.4 Å². The van der Waals surface area contributed by atoms with E-state index in [1.165, 1.54) is 18.2 Å². The number of nitrogens with one attached hydrogen (secondary N) is 1. The molecule has 8 nitrogen and oxygen atoms in total. The first kappa shape index (κ1) is 18.2. The molecule has 1 aromatic carbocycles. The zero-order valence-corrected chi connectivity index (χ0v) is 14.3. The van der Waals surface area contributed by atoms with Gasteiger partial charge in [0.15, 0.2) is 0 Å². The van der Waals surface area contributed by atoms with Crippen LogP contribution in [0.2, 0.25) is 5.02 Å². The normalized spacial score (nSPS) is 16.1. The summed E-state index contributed by atoms with van der Waals surface area (Å²) in [5.41, 5.74) is 0.123. The molecular formula is C14H15ClN2O6S. The Balaban J connectivity index is 2.17. The van der Waals surface area contributed by atoms with E-state index in [4.69, 9.17) is 11.6 Å². The molecule has 0 atom stereocenters. The monoisotopic (exact) mass is 374 g/mol. The number of carbonyl (C=O) groups is 3. The van der Waals surface area contributed by atoms with Crippen molar-refractivity contribution in [3.8, 4) is 0 Å². The highest BCUT2D eigenvalue weighted by molar-refractivity contribution is 7.94. The maximum absolute atomic E-state index is 12.0. The van der Waals surface area contributed by atoms with E-state index in [-0.39, 0.29) is 41.6 Å². The van der Waals surface area contributed by atoms with Gasteiger partial charge in [0.25, 0.3) is 5.91 Å². The van der Waals surface area contributed by atoms with Gasteiger partial charge < -0.3 is 10.1 Å². The molecule has 0 bridgehead atoms. The quantitative estimate of drug-likeness (QED) is 0.759. The van der Waals surface area contributed by atoms with E-state index in [2.05, 4.69) is 10.1 Å². The van der Waals surface area contributed by atoms with Crippen LogP contribution in [0.25, 0.3) is 0 Å². The lowest BCUT2D eigenvalue weighted by molar-refractivity contribution is -0.141. The molecule has 1 aromatic rings. The lowest BCUT2D eigenvalue weighted by atomic mass is 10.2. The van der Waals surface area contributed by atoms with Gasteiger partial charge in [-0.05, 0) is 25.1 Å². The Morgan fingerprint density at radius 1 is 1.38 bits per heavy atom. The van der Waals surface area contributed by atoms with E-state index in [1.54, 1.807) is 6.92 Å². The van der Waals surface area contributed by atoms with Crippen LogP contribution in [0.15, 0.2) is 18.2 Å². The number of hydrogen-bond donors (Lipinski definition) is 1. The van der Waals surface area contributed by atoms with E-state index in [9.17, 15) is 22.8 Å². The van der Waals surface area contributed by atoms with Crippen LogP contribution in [-0.4, -0.2) is 45.1 Å². The molecule has 2 rings (SSSR count). The lowest BCUT2D eigenvalue weighted by Gasteiger charge is -2.16. The Morgan fingerprint density at radius 3 is 2.62 bits per heavy atom. The van der Waals surface area contributed by atoms with Crippen molar-refractivity contribution in [2.24, 2.45) is 0 Å². The summed E-state index contributed by atoms with van der Waals surface area (Å²) in [5, 5.41) is 2.30. The fourth-order valence-electron chi connectivity index (χ4n) is 2.14. The molecule has 0 aliphatic carbocycles. The Hall–Kier alpha value is -2.13. The molecule has 0 unspecified atom stereocenters. The molecule has 0 aromatic heterocycles. The SMILES string of the molecule is CCOC(=O)CNC(=O)c1ccc(N2C(=O)CCS2(=O)=O)cc1Cl. The smallest absolute Gasteiger partial charge is 0.325 e. The standard InChI is InChI=1S/C14H15ClN2O6S/c1-2-23-13(19)8-16-14(20)10-4-3-9(7-11(10)15)17-12(18)5-6-24(17,21)22/h3-4,7H,2,5-6,8H2,1H3,(H,16,20). The van der Waals surface area contributed by atoms with Crippen LogP contribution in [0.4, 0.5) is 5.69 Å². The summed E-state index contributed by atoms with van der Waals surface area (Å²) in [6.07, 6.45) is -0.0955. The van der Waals surface area contributed by atoms with Crippen LogP contribution in [0, 0.1) is 0 Å². The number of anilines is 1. The first-order valence-corrected chi connectivity index (χ1v) is 9.04. The number of hydrogen-bond acceptors (Lipinski definition) is 6. The van der Waals surface area contributed by atoms with E-state index in [0.717, 1.165) is 0 Å². The average molecular weight is 375 g/mol. The summed E-state index contributed by atoms with van der Waals surface area (Å²) in [5.74, 6) is -2.02. The molecule has 2 amide bonds. The Labute approximate surface area is 143 Å². The third kappa shape index (κ3) is 3.85. The molecule has 1 fully saturated rings. The van der Waals surface area contributed by atoms with Crippen LogP contribution in [0.5, 0.6) is 0 Å². The van der Waals surface area contributed by atoms with Gasteiger partial charge in [0.2, 0.25) is 15.9 Å². The second-order valence-electron chi connectivity index (χ2n) is 4.88. The zero-order chi connectivity index (χ0) is 17.9. The summed E-state index contributed by atoms with van der Waals surface area (Å²) >= 11 is 6.01. The third-order valence-corrected chi connectivity index (χ3v) is 5.21. The van der Waals surface area contributed by atoms with Crippen LogP contribution in [-0.2, 0) is 24.3 Å². The van der Waals surface area contributed by atoms with E-state index < -0.39 is 27.8 Å². The topological polar surface area (TPSA) is 110 Å². The minimum atomic E-state index is -3.70. The van der Waals surface area contributed by atoms with Gasteiger partial charge >= 0.3 is 5.97 Å². The maximum Gasteiger partial charge on any atom is 0.325 e. The van der Waals surface area contributed by atoms with Crippen LogP contribution >= 0.6 is 11.6 Å². The van der Waals surface area contributed by atoms with Gasteiger partial charge in [0.05, 0.1) is 28.6 Å². The summed E-state index contributed by atoms with van der Waals surface area (Å²) < 4.78 is 29.1. The highest BCUT2D eigenvalue weighted by atomic mass is 35.5. The predicted octanol–water partition coefficient (Wildman–Crippen LogP) is 0.699. The molecule has 1 saturated heterocycles. The van der Waals surface area contributed by atoms with Crippen LogP contribution in [0.3, 0.4) is 0 Å². The third-order valence-electron chi connectivity index (χ3n) is 3.21. The van der Waals surface area contributed by atoms with Crippen LogP contribution < -0.4 is 9.62 Å². The Bertz CT molecular complexity index is 792. The number of benzene rings is 1. The van der Waals surface area contributed by atoms with Gasteiger partial charge in [-0.1, -0.05) is 11.6 Å². The molecule has 130 valence electrons. The number of carbonyl (C=O) groups excluding carboxylic acids is 3. The molecule has 1 heterocycles. The van der Waals surface area contributed by atoms with E-state index in [1.807, 2.05) is 0 Å². The van der Waals surface area contributed by atoms with Gasteiger partial charge in [-0.2, -0.15) is 0 Å². The zero-order valence-electron chi connectivity index (χ0n) is 12.7. The molecule has 24 heavy (non-hydrogen) atoms. The van der Waals surface area contributed by atoms with Crippen LogP contribution in [0.1, 0.15) is 23.7 Å². The maximum atomic E-state index is 12.0. The fraction of sp³-hybridized carbons (Fsp3) is 0.357. The summed E-state index contributed by atoms with van der Waals surface area (Å²) in [6.45, 7) is 1.52. The van der Waals surface area contributed by atoms with Crippen molar-refractivity contribution in [2.75, 3.05) is 23.2 Å². The van der Waals surface area contributed by atoms with Crippen molar-refractivity contribution in [1.82, 2.24) is 5.32 Å². The minimum absolute atomic E-state index is 0.0382. The Morgan fingerprint density at radius 2 is 2.08 bits per heavy atom. The number of esters is 1. The molecule has 0 radical (unpaired) electrons. The molecule has 0 spiro atoms. The molecule has 10 heteroatoms. The Kier molecular flexibility index (Phi) is 5.45. The summed E-state index contributed by atoms with van der Waals surface area (Å²) in [4.78, 5) is 34.9. The second kappa shape index (κ2) is 7.18. The number of halogens is 1. The predicted molar refractivity (Wildman–Crippen MR) is 86.3 cm³/mol. The lowest BCUT2D eigenvalue weighted by Crippen LogP contribution is -2.31. The first-order valence-electron chi connectivity index (χ1n) is 7.05. The van der Waals surface area contributed by atoms with Crippen molar-refractivity contribution in [2.45, 2.75) is 13.3 Å². The molecule has 1 N–H and O–H groups in total. The molecule has 1 aliphatic rings. The van der Waals surface area contributed by atoms with Crippen molar-refractivity contribution in [3.63, 3.8) is 0 Å². The summed E-state index contributed by atoms with van der Waals surface area (Å²) in [6, 6.07) is 3.83. The van der Waals surface area contributed by atoms with Crippen molar-refractivity contribution in [3.05, 3.63) is 28.8 Å². The highest BCUT2D eigenvalue weighted by Crippen LogP contribution is 2.29. The van der Waals surface area contributed by atoms with E-state index in [0.29, 0.717) is 4.31 Å². The number of ether oxygens (including phenoxy) is 1. The minimum Gasteiger partial charge on any atom is -0.465 e.